The van der Waals surface area contributed by atoms with Crippen LogP contribution in [0.4, 0.5) is 17.6 Å². The van der Waals surface area contributed by atoms with E-state index in [1.165, 1.54) is 26.1 Å². The number of rotatable bonds is 5. The van der Waals surface area contributed by atoms with Crippen LogP contribution in [0.5, 0.6) is 0 Å². The monoisotopic (exact) mass is 453 g/mol. The summed E-state index contributed by atoms with van der Waals surface area (Å²) in [6, 6.07) is 4.67. The fourth-order valence-electron chi connectivity index (χ4n) is 3.79. The summed E-state index contributed by atoms with van der Waals surface area (Å²) in [5, 5.41) is 9.32. The van der Waals surface area contributed by atoms with Gasteiger partial charge in [0.2, 0.25) is 10.0 Å². The van der Waals surface area contributed by atoms with E-state index in [-0.39, 0.29) is 26.9 Å². The van der Waals surface area contributed by atoms with Gasteiger partial charge in [0.1, 0.15) is 23.5 Å². The minimum Gasteiger partial charge on any atom is -0.360 e. The third-order valence-corrected chi connectivity index (χ3v) is 6.77. The number of alkyl halides is 3. The Morgan fingerprint density at radius 1 is 1.16 bits per heavy atom. The Hall–Kier alpha value is -2.90. The second-order valence-electron chi connectivity index (χ2n) is 7.42. The van der Waals surface area contributed by atoms with Gasteiger partial charge in [-0.2, -0.15) is 23.2 Å². The molecule has 1 heterocycles. The van der Waals surface area contributed by atoms with E-state index >= 15 is 0 Å². The van der Waals surface area contributed by atoms with Crippen LogP contribution >= 0.6 is 0 Å². The van der Waals surface area contributed by atoms with Crippen LogP contribution in [-0.2, 0) is 16.4 Å². The molecule has 1 unspecified atom stereocenters. The maximum Gasteiger partial charge on any atom is 0.405 e. The summed E-state index contributed by atoms with van der Waals surface area (Å²) < 4.78 is 82.7. The highest BCUT2D eigenvalue weighted by atomic mass is 32.2. The molecule has 0 aliphatic rings. The predicted molar refractivity (Wildman–Crippen MR) is 107 cm³/mol. The summed E-state index contributed by atoms with van der Waals surface area (Å²) in [6.07, 6.45) is -4.40. The summed E-state index contributed by atoms with van der Waals surface area (Å²) >= 11 is 0. The van der Waals surface area contributed by atoms with E-state index in [0.29, 0.717) is 11.1 Å². The fraction of sp³-hybridized carbons (Fsp3) is 0.286. The second kappa shape index (κ2) is 7.98. The third kappa shape index (κ3) is 4.43. The average molecular weight is 453 g/mol. The number of H-pyrrole nitrogens is 1. The van der Waals surface area contributed by atoms with Gasteiger partial charge < -0.3 is 4.98 Å². The van der Waals surface area contributed by atoms with E-state index < -0.39 is 34.5 Å². The molecule has 2 aromatic carbocycles. The zero-order chi connectivity index (χ0) is 23.1. The van der Waals surface area contributed by atoms with Crippen LogP contribution in [0.25, 0.3) is 10.9 Å². The standard InChI is InChI=1S/C21H19F4N3O2S/c1-11-6-12(2)20(13(3)7-11)31(29,30)28-18(21(23,24)25)8-14-10-27-19-15(14)4-5-17(22)16(19)9-26/h4-7,10,18,27-28H,8H2,1-3H3. The van der Waals surface area contributed by atoms with Gasteiger partial charge in [-0.1, -0.05) is 17.7 Å². The van der Waals surface area contributed by atoms with E-state index in [9.17, 15) is 26.0 Å². The zero-order valence-corrected chi connectivity index (χ0v) is 17.7. The Labute approximate surface area is 176 Å². The first-order valence-electron chi connectivity index (χ1n) is 9.20. The van der Waals surface area contributed by atoms with Crippen molar-refractivity contribution in [1.29, 1.82) is 5.26 Å². The van der Waals surface area contributed by atoms with Gasteiger partial charge in [-0.15, -0.1) is 0 Å². The highest BCUT2D eigenvalue weighted by Gasteiger charge is 2.43. The summed E-state index contributed by atoms with van der Waals surface area (Å²) in [6.45, 7) is 4.81. The second-order valence-corrected chi connectivity index (χ2v) is 9.07. The van der Waals surface area contributed by atoms with Crippen molar-refractivity contribution in [1.82, 2.24) is 9.71 Å². The average Bonchev–Trinajstić information content (AvgIpc) is 3.01. The van der Waals surface area contributed by atoms with Crippen molar-refractivity contribution in [3.63, 3.8) is 0 Å². The molecule has 0 radical (unpaired) electrons. The van der Waals surface area contributed by atoms with Gasteiger partial charge >= 0.3 is 6.18 Å². The van der Waals surface area contributed by atoms with Gasteiger partial charge in [0, 0.05) is 11.6 Å². The largest absolute Gasteiger partial charge is 0.405 e. The maximum absolute atomic E-state index is 13.8. The number of aryl methyl sites for hydroxylation is 3. The normalized spacial score (nSPS) is 13.4. The van der Waals surface area contributed by atoms with Crippen LogP contribution in [0.1, 0.15) is 27.8 Å². The highest BCUT2D eigenvalue weighted by Crippen LogP contribution is 2.30. The summed E-state index contributed by atoms with van der Waals surface area (Å²) in [5.41, 5.74) is 1.32. The number of aromatic nitrogens is 1. The molecule has 31 heavy (non-hydrogen) atoms. The lowest BCUT2D eigenvalue weighted by atomic mass is 10.0. The van der Waals surface area contributed by atoms with Gasteiger partial charge in [0.25, 0.3) is 0 Å². The topological polar surface area (TPSA) is 85.8 Å². The Morgan fingerprint density at radius 3 is 2.32 bits per heavy atom. The number of nitrogens with zero attached hydrogens (tertiary/aromatic N) is 1. The summed E-state index contributed by atoms with van der Waals surface area (Å²) in [4.78, 5) is 2.42. The first kappa shape index (κ1) is 22.8. The minimum atomic E-state index is -4.89. The number of nitrogens with one attached hydrogen (secondary N) is 2. The van der Waals surface area contributed by atoms with Crippen LogP contribution < -0.4 is 4.72 Å². The summed E-state index contributed by atoms with van der Waals surface area (Å²) in [7, 11) is -4.49. The smallest absolute Gasteiger partial charge is 0.360 e. The van der Waals surface area contributed by atoms with Crippen molar-refractivity contribution in [2.45, 2.75) is 44.3 Å². The molecule has 3 aromatic rings. The lowest BCUT2D eigenvalue weighted by Crippen LogP contribution is -2.47. The number of nitriles is 1. The number of aromatic amines is 1. The zero-order valence-electron chi connectivity index (χ0n) is 16.9. The molecule has 10 heteroatoms. The molecule has 0 spiro atoms. The molecule has 0 fully saturated rings. The molecule has 164 valence electrons. The summed E-state index contributed by atoms with van der Waals surface area (Å²) in [5.74, 6) is -0.804. The van der Waals surface area contributed by atoms with Gasteiger partial charge in [0.15, 0.2) is 0 Å². The van der Waals surface area contributed by atoms with Gasteiger partial charge in [-0.25, -0.2) is 12.8 Å². The first-order chi connectivity index (χ1) is 14.3. The van der Waals surface area contributed by atoms with Crippen molar-refractivity contribution < 1.29 is 26.0 Å². The minimum absolute atomic E-state index is 0.0616. The van der Waals surface area contributed by atoms with Gasteiger partial charge in [-0.05, 0) is 56.0 Å². The fourth-order valence-corrected chi connectivity index (χ4v) is 5.47. The quantitative estimate of drug-likeness (QED) is 0.556. The van der Waals surface area contributed by atoms with E-state index in [2.05, 4.69) is 4.98 Å². The van der Waals surface area contributed by atoms with Crippen molar-refractivity contribution in [3.8, 4) is 6.07 Å². The molecule has 0 aliphatic carbocycles. The van der Waals surface area contributed by atoms with Gasteiger partial charge in [0.05, 0.1) is 10.4 Å². The van der Waals surface area contributed by atoms with Crippen LogP contribution in [0.3, 0.4) is 0 Å². The van der Waals surface area contributed by atoms with E-state index in [1.54, 1.807) is 29.8 Å². The highest BCUT2D eigenvalue weighted by molar-refractivity contribution is 7.89. The third-order valence-electron chi connectivity index (χ3n) is 4.99. The Balaban J connectivity index is 2.02. The maximum atomic E-state index is 13.8. The number of benzene rings is 2. The molecular weight excluding hydrogens is 434 g/mol. The molecule has 2 N–H and O–H groups in total. The number of hydrogen-bond acceptors (Lipinski definition) is 3. The van der Waals surface area contributed by atoms with Gasteiger partial charge in [-0.3, -0.25) is 0 Å². The Kier molecular flexibility index (Phi) is 5.86. The lowest BCUT2D eigenvalue weighted by molar-refractivity contribution is -0.150. The van der Waals surface area contributed by atoms with Crippen LogP contribution in [0, 0.1) is 37.9 Å². The molecule has 1 atom stereocenters. The Morgan fingerprint density at radius 2 is 1.77 bits per heavy atom. The Bertz CT molecular complexity index is 1280. The lowest BCUT2D eigenvalue weighted by Gasteiger charge is -2.23. The number of hydrogen-bond donors (Lipinski definition) is 2. The van der Waals surface area contributed by atoms with E-state index in [4.69, 9.17) is 5.26 Å². The number of sulfonamides is 1. The van der Waals surface area contributed by atoms with Crippen molar-refractivity contribution in [2.75, 3.05) is 0 Å². The van der Waals surface area contributed by atoms with Crippen LogP contribution in [-0.4, -0.2) is 25.6 Å². The molecule has 5 nitrogen and oxygen atoms in total. The van der Waals surface area contributed by atoms with Crippen molar-refractivity contribution in [3.05, 3.63) is 64.1 Å². The van der Waals surface area contributed by atoms with Crippen LogP contribution in [0.2, 0.25) is 0 Å². The number of fused-ring (bicyclic) bond motifs is 1. The first-order valence-corrected chi connectivity index (χ1v) is 10.7. The van der Waals surface area contributed by atoms with E-state index in [1.807, 2.05) is 0 Å². The van der Waals surface area contributed by atoms with E-state index in [0.717, 1.165) is 11.6 Å². The molecular formula is C21H19F4N3O2S. The molecule has 0 saturated carbocycles. The SMILES string of the molecule is Cc1cc(C)c(S(=O)(=O)NC(Cc2c[nH]c3c(C#N)c(F)ccc23)C(F)(F)F)c(C)c1. The molecule has 0 aliphatic heterocycles. The van der Waals surface area contributed by atoms with Crippen molar-refractivity contribution in [2.24, 2.45) is 0 Å². The molecule has 0 saturated heterocycles. The molecule has 3 rings (SSSR count). The molecule has 0 bridgehead atoms. The number of halogens is 4. The predicted octanol–water partition coefficient (Wildman–Crippen LogP) is 4.56. The molecule has 0 amide bonds. The van der Waals surface area contributed by atoms with Crippen LogP contribution in [0.15, 0.2) is 35.4 Å². The molecule has 1 aromatic heterocycles. The van der Waals surface area contributed by atoms with Crippen molar-refractivity contribution >= 4 is 20.9 Å².